The first-order valence-corrected chi connectivity index (χ1v) is 3.42. The standard InChI is InChI=1S/C7H9N2O/c10-9-5-8-6-3-1-2-4-7(6)9/h1-3,7-8H,4-5H2/q-1. The molecule has 0 spiro atoms. The molecule has 1 unspecified atom stereocenters. The summed E-state index contributed by atoms with van der Waals surface area (Å²) in [4.78, 5) is 0. The van der Waals surface area contributed by atoms with Crippen LogP contribution in [-0.2, 0) is 0 Å². The zero-order chi connectivity index (χ0) is 6.97. The molecule has 1 saturated heterocycles. The van der Waals surface area contributed by atoms with Crippen LogP contribution in [-0.4, -0.2) is 17.8 Å². The first kappa shape index (κ1) is 5.95. The zero-order valence-corrected chi connectivity index (χ0v) is 5.58. The van der Waals surface area contributed by atoms with Gasteiger partial charge in [0.05, 0.1) is 6.67 Å². The van der Waals surface area contributed by atoms with Crippen LogP contribution in [0.2, 0.25) is 0 Å². The summed E-state index contributed by atoms with van der Waals surface area (Å²) in [5.41, 5.74) is 1.07. The third kappa shape index (κ3) is 0.751. The first-order chi connectivity index (χ1) is 4.88. The van der Waals surface area contributed by atoms with Gasteiger partial charge in [0.25, 0.3) is 0 Å². The Bertz CT molecular complexity index is 198. The molecule has 2 rings (SSSR count). The highest BCUT2D eigenvalue weighted by molar-refractivity contribution is 5.25. The summed E-state index contributed by atoms with van der Waals surface area (Å²) in [5.74, 6) is 0. The zero-order valence-electron chi connectivity index (χ0n) is 5.58. The maximum absolute atomic E-state index is 11.0. The molecule has 0 aromatic carbocycles. The third-order valence-corrected chi connectivity index (χ3v) is 1.92. The minimum absolute atomic E-state index is 0.0741. The van der Waals surface area contributed by atoms with Crippen molar-refractivity contribution in [2.24, 2.45) is 0 Å². The highest BCUT2D eigenvalue weighted by Crippen LogP contribution is 2.20. The van der Waals surface area contributed by atoms with E-state index in [1.54, 1.807) is 0 Å². The normalized spacial score (nSPS) is 31.3. The number of hydrogen-bond donors (Lipinski definition) is 1. The maximum atomic E-state index is 11.0. The largest absolute Gasteiger partial charge is 0.783 e. The van der Waals surface area contributed by atoms with Gasteiger partial charge in [-0.3, -0.25) is 0 Å². The lowest BCUT2D eigenvalue weighted by Gasteiger charge is -2.28. The second-order valence-corrected chi connectivity index (χ2v) is 2.55. The Morgan fingerprint density at radius 1 is 1.70 bits per heavy atom. The second-order valence-electron chi connectivity index (χ2n) is 2.55. The molecule has 1 fully saturated rings. The first-order valence-electron chi connectivity index (χ1n) is 3.42. The second kappa shape index (κ2) is 2.11. The van der Waals surface area contributed by atoms with E-state index in [0.29, 0.717) is 6.67 Å². The van der Waals surface area contributed by atoms with E-state index in [4.69, 9.17) is 0 Å². The summed E-state index contributed by atoms with van der Waals surface area (Å²) in [5, 5.41) is 15.1. The lowest BCUT2D eigenvalue weighted by atomic mass is 10.1. The lowest BCUT2D eigenvalue weighted by molar-refractivity contribution is 0.368. The number of nitrogens with zero attached hydrogens (tertiary/aromatic N) is 1. The highest BCUT2D eigenvalue weighted by atomic mass is 16.5. The van der Waals surface area contributed by atoms with E-state index in [2.05, 4.69) is 5.32 Å². The molecule has 0 aromatic rings. The Hall–Kier alpha value is -0.800. The van der Waals surface area contributed by atoms with Gasteiger partial charge in [0.2, 0.25) is 0 Å². The summed E-state index contributed by atoms with van der Waals surface area (Å²) in [7, 11) is 0. The van der Waals surface area contributed by atoms with Gasteiger partial charge in [0, 0.05) is 11.7 Å². The molecule has 1 atom stereocenters. The van der Waals surface area contributed by atoms with Gasteiger partial charge in [-0.15, -0.1) is 0 Å². The Morgan fingerprint density at radius 3 is 3.40 bits per heavy atom. The molecule has 3 nitrogen and oxygen atoms in total. The topological polar surface area (TPSA) is 38.3 Å². The van der Waals surface area contributed by atoms with Gasteiger partial charge < -0.3 is 15.6 Å². The van der Waals surface area contributed by atoms with Crippen LogP contribution in [0, 0.1) is 5.21 Å². The van der Waals surface area contributed by atoms with Crippen molar-refractivity contribution in [3.8, 4) is 0 Å². The monoisotopic (exact) mass is 137 g/mol. The minimum Gasteiger partial charge on any atom is -0.783 e. The fraction of sp³-hybridized carbons (Fsp3) is 0.429. The molecule has 0 amide bonds. The Morgan fingerprint density at radius 2 is 2.60 bits per heavy atom. The molecule has 1 aliphatic heterocycles. The molecule has 1 heterocycles. The predicted molar refractivity (Wildman–Crippen MR) is 38.8 cm³/mol. The molecule has 0 radical (unpaired) electrons. The molecular formula is C7H9N2O-. The Kier molecular flexibility index (Phi) is 1.25. The highest BCUT2D eigenvalue weighted by Gasteiger charge is 2.21. The van der Waals surface area contributed by atoms with Crippen LogP contribution < -0.4 is 5.32 Å². The molecule has 1 N–H and O–H groups in total. The van der Waals surface area contributed by atoms with Crippen molar-refractivity contribution in [2.45, 2.75) is 12.5 Å². The summed E-state index contributed by atoms with van der Waals surface area (Å²) < 4.78 is 0. The molecule has 2 aliphatic rings. The van der Waals surface area contributed by atoms with Crippen LogP contribution in [0.15, 0.2) is 23.9 Å². The molecule has 0 aromatic heterocycles. The van der Waals surface area contributed by atoms with Crippen molar-refractivity contribution in [2.75, 3.05) is 6.67 Å². The maximum Gasteiger partial charge on any atom is 0.0567 e. The van der Waals surface area contributed by atoms with Crippen molar-refractivity contribution in [3.63, 3.8) is 0 Å². The van der Waals surface area contributed by atoms with Crippen molar-refractivity contribution in [3.05, 3.63) is 29.1 Å². The fourth-order valence-corrected chi connectivity index (χ4v) is 1.35. The fourth-order valence-electron chi connectivity index (χ4n) is 1.35. The number of nitrogens with one attached hydrogen (secondary N) is 1. The van der Waals surface area contributed by atoms with Gasteiger partial charge in [-0.2, -0.15) is 0 Å². The van der Waals surface area contributed by atoms with E-state index >= 15 is 0 Å². The van der Waals surface area contributed by atoms with Crippen LogP contribution in [0.1, 0.15) is 6.42 Å². The average molecular weight is 137 g/mol. The average Bonchev–Trinajstić information content (AvgIpc) is 2.34. The molecule has 1 aliphatic carbocycles. The lowest BCUT2D eigenvalue weighted by Crippen LogP contribution is -2.24. The van der Waals surface area contributed by atoms with Gasteiger partial charge >= 0.3 is 0 Å². The number of rotatable bonds is 0. The number of allylic oxidation sites excluding steroid dienone is 2. The molecule has 10 heavy (non-hydrogen) atoms. The Labute approximate surface area is 59.6 Å². The van der Waals surface area contributed by atoms with Crippen molar-refractivity contribution >= 4 is 0 Å². The number of hydrogen-bond acceptors (Lipinski definition) is 3. The van der Waals surface area contributed by atoms with Gasteiger partial charge in [0.1, 0.15) is 0 Å². The SMILES string of the molecule is [O-]N1CNC2=CC=CCC21. The summed E-state index contributed by atoms with van der Waals surface area (Å²) in [6, 6.07) is 0.0741. The van der Waals surface area contributed by atoms with Crippen molar-refractivity contribution in [1.82, 2.24) is 10.4 Å². The molecule has 0 saturated carbocycles. The van der Waals surface area contributed by atoms with Crippen molar-refractivity contribution in [1.29, 1.82) is 0 Å². The summed E-state index contributed by atoms with van der Waals surface area (Å²) in [6.07, 6.45) is 6.82. The van der Waals surface area contributed by atoms with E-state index < -0.39 is 0 Å². The predicted octanol–water partition coefficient (Wildman–Crippen LogP) is 0.559. The van der Waals surface area contributed by atoms with Crippen LogP contribution in [0.4, 0.5) is 0 Å². The van der Waals surface area contributed by atoms with Crippen molar-refractivity contribution < 1.29 is 0 Å². The molecule has 54 valence electrons. The van der Waals surface area contributed by atoms with E-state index in [9.17, 15) is 5.21 Å². The summed E-state index contributed by atoms with van der Waals surface area (Å²) in [6.45, 7) is 0.443. The number of fused-ring (bicyclic) bond motifs is 1. The molecule has 3 heteroatoms. The van der Waals surface area contributed by atoms with E-state index in [-0.39, 0.29) is 6.04 Å². The van der Waals surface area contributed by atoms with Crippen LogP contribution in [0.3, 0.4) is 0 Å². The van der Waals surface area contributed by atoms with E-state index in [1.165, 1.54) is 0 Å². The van der Waals surface area contributed by atoms with Gasteiger partial charge in [0.15, 0.2) is 0 Å². The van der Waals surface area contributed by atoms with E-state index in [0.717, 1.165) is 17.2 Å². The van der Waals surface area contributed by atoms with Crippen LogP contribution >= 0.6 is 0 Å². The molecular weight excluding hydrogens is 128 g/mol. The number of hydroxylamine groups is 2. The molecule has 0 bridgehead atoms. The Balaban J connectivity index is 2.23. The van der Waals surface area contributed by atoms with Crippen LogP contribution in [0.5, 0.6) is 0 Å². The van der Waals surface area contributed by atoms with Crippen LogP contribution in [0.25, 0.3) is 0 Å². The smallest absolute Gasteiger partial charge is 0.0567 e. The minimum atomic E-state index is 0.0741. The van der Waals surface area contributed by atoms with E-state index in [1.807, 2.05) is 18.2 Å². The third-order valence-electron chi connectivity index (χ3n) is 1.92. The quantitative estimate of drug-likeness (QED) is 0.530. The van der Waals surface area contributed by atoms with Gasteiger partial charge in [-0.05, 0) is 12.5 Å². The van der Waals surface area contributed by atoms with Gasteiger partial charge in [-0.1, -0.05) is 12.2 Å². The summed E-state index contributed by atoms with van der Waals surface area (Å²) >= 11 is 0. The van der Waals surface area contributed by atoms with Gasteiger partial charge in [-0.25, -0.2) is 0 Å².